The molecule has 5 rings (SSSR count). The van der Waals surface area contributed by atoms with Crippen LogP contribution in [0, 0.1) is 6.92 Å². The molecule has 0 bridgehead atoms. The molecule has 2 amide bonds. The second-order valence-corrected chi connectivity index (χ2v) is 8.38. The lowest BCUT2D eigenvalue weighted by atomic mass is 10.1. The Morgan fingerprint density at radius 2 is 2.03 bits per heavy atom. The predicted octanol–water partition coefficient (Wildman–Crippen LogP) is 3.33. The molecule has 0 spiro atoms. The Kier molecular flexibility index (Phi) is 5.68. The number of primary amides is 1. The largest absolute Gasteiger partial charge is 0.480 e. The first kappa shape index (κ1) is 21.6. The standard InChI is InChI=1S/C23H19N5O5S/c1-12-27-28-22(31-12)13-2-4-14(5-3-13)32-18-11-15(33-17-6-7-25-21(17)30)10-16(20(24)29)19(18)23-26-8-9-34-23/h2-5,8-11,17H,6-7H2,1H3,(H2,24,29)(H,25,30). The second kappa shape index (κ2) is 8.94. The molecular formula is C23H19N5O5S. The van der Waals surface area contributed by atoms with Gasteiger partial charge < -0.3 is 24.9 Å². The summed E-state index contributed by atoms with van der Waals surface area (Å²) in [6.45, 7) is 2.24. The van der Waals surface area contributed by atoms with Crippen molar-refractivity contribution in [3.05, 3.63) is 59.4 Å². The van der Waals surface area contributed by atoms with Crippen LogP contribution in [0.1, 0.15) is 22.7 Å². The fraction of sp³-hybridized carbons (Fsp3) is 0.174. The first-order valence-electron chi connectivity index (χ1n) is 10.4. The van der Waals surface area contributed by atoms with E-state index in [9.17, 15) is 9.59 Å². The van der Waals surface area contributed by atoms with Gasteiger partial charge in [0.25, 0.3) is 5.91 Å². The monoisotopic (exact) mass is 477 g/mol. The van der Waals surface area contributed by atoms with Crippen molar-refractivity contribution in [1.82, 2.24) is 20.5 Å². The van der Waals surface area contributed by atoms with Gasteiger partial charge in [0.1, 0.15) is 22.3 Å². The third kappa shape index (κ3) is 4.33. The summed E-state index contributed by atoms with van der Waals surface area (Å²) in [6.07, 6.45) is 1.49. The molecule has 1 atom stereocenters. The van der Waals surface area contributed by atoms with Gasteiger partial charge in [-0.15, -0.1) is 21.5 Å². The van der Waals surface area contributed by atoms with Crippen LogP contribution in [0.2, 0.25) is 0 Å². The third-order valence-electron chi connectivity index (χ3n) is 5.12. The number of hydrogen-bond donors (Lipinski definition) is 2. The Morgan fingerprint density at radius 3 is 2.65 bits per heavy atom. The van der Waals surface area contributed by atoms with E-state index in [-0.39, 0.29) is 11.5 Å². The molecule has 1 unspecified atom stereocenters. The van der Waals surface area contributed by atoms with Crippen molar-refractivity contribution in [2.45, 2.75) is 19.4 Å². The van der Waals surface area contributed by atoms with E-state index in [1.54, 1.807) is 48.8 Å². The lowest BCUT2D eigenvalue weighted by molar-refractivity contribution is -0.124. The molecule has 4 aromatic rings. The molecule has 172 valence electrons. The fourth-order valence-electron chi connectivity index (χ4n) is 3.55. The van der Waals surface area contributed by atoms with E-state index in [0.717, 1.165) is 5.56 Å². The van der Waals surface area contributed by atoms with Crippen molar-refractivity contribution < 1.29 is 23.5 Å². The predicted molar refractivity (Wildman–Crippen MR) is 123 cm³/mol. The first-order valence-corrected chi connectivity index (χ1v) is 11.3. The summed E-state index contributed by atoms with van der Waals surface area (Å²) in [5.41, 5.74) is 7.06. The van der Waals surface area contributed by atoms with E-state index in [4.69, 9.17) is 19.6 Å². The molecule has 1 aliphatic rings. The van der Waals surface area contributed by atoms with Crippen molar-refractivity contribution in [1.29, 1.82) is 0 Å². The Hall–Kier alpha value is -4.25. The minimum absolute atomic E-state index is 0.179. The van der Waals surface area contributed by atoms with Crippen molar-refractivity contribution in [3.63, 3.8) is 0 Å². The number of carbonyl (C=O) groups is 2. The van der Waals surface area contributed by atoms with Gasteiger partial charge in [0.2, 0.25) is 17.7 Å². The Balaban J connectivity index is 1.53. The normalized spacial score (nSPS) is 15.2. The van der Waals surface area contributed by atoms with E-state index >= 15 is 0 Å². The molecule has 0 saturated carbocycles. The quantitative estimate of drug-likeness (QED) is 0.413. The van der Waals surface area contributed by atoms with Gasteiger partial charge in [0, 0.05) is 43.1 Å². The van der Waals surface area contributed by atoms with Gasteiger partial charge in [0.15, 0.2) is 6.10 Å². The minimum atomic E-state index is -0.668. The van der Waals surface area contributed by atoms with Crippen LogP contribution in [-0.4, -0.2) is 39.6 Å². The van der Waals surface area contributed by atoms with Gasteiger partial charge in [0.05, 0.1) is 11.1 Å². The SMILES string of the molecule is Cc1nnc(-c2ccc(Oc3cc(OC4CCNC4=O)cc(C(N)=O)c3-c3nccs3)cc2)o1. The highest BCUT2D eigenvalue weighted by Gasteiger charge is 2.28. The van der Waals surface area contributed by atoms with Crippen molar-refractivity contribution in [2.75, 3.05) is 6.54 Å². The van der Waals surface area contributed by atoms with Crippen LogP contribution in [0.3, 0.4) is 0 Å². The molecule has 1 fully saturated rings. The number of carbonyl (C=O) groups excluding carboxylic acids is 2. The van der Waals surface area contributed by atoms with Gasteiger partial charge in [-0.25, -0.2) is 4.98 Å². The average Bonchev–Trinajstić information content (AvgIpc) is 3.58. The maximum atomic E-state index is 12.4. The van der Waals surface area contributed by atoms with Gasteiger partial charge in [-0.2, -0.15) is 0 Å². The molecular weight excluding hydrogens is 458 g/mol. The Bertz CT molecular complexity index is 1350. The van der Waals surface area contributed by atoms with E-state index in [2.05, 4.69) is 20.5 Å². The molecule has 2 aromatic carbocycles. The van der Waals surface area contributed by atoms with E-state index in [0.29, 0.717) is 52.6 Å². The highest BCUT2D eigenvalue weighted by atomic mass is 32.1. The van der Waals surface area contributed by atoms with Crippen LogP contribution in [0.4, 0.5) is 0 Å². The van der Waals surface area contributed by atoms with E-state index < -0.39 is 12.0 Å². The number of thiazole rings is 1. The summed E-state index contributed by atoms with van der Waals surface area (Å²) in [5, 5.41) is 12.9. The maximum Gasteiger partial charge on any atom is 0.261 e. The molecule has 3 heterocycles. The smallest absolute Gasteiger partial charge is 0.261 e. The minimum Gasteiger partial charge on any atom is -0.480 e. The summed E-state index contributed by atoms with van der Waals surface area (Å²) in [5.74, 6) is 1.09. The zero-order valence-corrected chi connectivity index (χ0v) is 18.8. The highest BCUT2D eigenvalue weighted by Crippen LogP contribution is 2.41. The molecule has 10 nitrogen and oxygen atoms in total. The number of amides is 2. The zero-order chi connectivity index (χ0) is 23.7. The van der Waals surface area contributed by atoms with Crippen LogP contribution < -0.4 is 20.5 Å². The number of hydrogen-bond acceptors (Lipinski definition) is 9. The van der Waals surface area contributed by atoms with Crippen molar-refractivity contribution >= 4 is 23.2 Å². The Morgan fingerprint density at radius 1 is 1.21 bits per heavy atom. The van der Waals surface area contributed by atoms with Gasteiger partial charge in [-0.3, -0.25) is 9.59 Å². The van der Waals surface area contributed by atoms with E-state index in [1.807, 2.05) is 0 Å². The highest BCUT2D eigenvalue weighted by molar-refractivity contribution is 7.13. The summed E-state index contributed by atoms with van der Waals surface area (Å²) in [4.78, 5) is 28.7. The van der Waals surface area contributed by atoms with E-state index in [1.165, 1.54) is 17.4 Å². The molecule has 1 saturated heterocycles. The summed E-state index contributed by atoms with van der Waals surface area (Å²) in [7, 11) is 0. The second-order valence-electron chi connectivity index (χ2n) is 7.48. The van der Waals surface area contributed by atoms with Gasteiger partial charge in [-0.1, -0.05) is 0 Å². The van der Waals surface area contributed by atoms with Crippen LogP contribution in [0.25, 0.3) is 22.0 Å². The van der Waals surface area contributed by atoms with Crippen LogP contribution in [-0.2, 0) is 4.79 Å². The van der Waals surface area contributed by atoms with Gasteiger partial charge in [-0.05, 0) is 30.3 Å². The molecule has 3 N–H and O–H groups in total. The maximum absolute atomic E-state index is 12.4. The Labute approximate surface area is 197 Å². The molecule has 0 radical (unpaired) electrons. The molecule has 34 heavy (non-hydrogen) atoms. The topological polar surface area (TPSA) is 142 Å². The van der Waals surface area contributed by atoms with Crippen LogP contribution in [0.5, 0.6) is 17.2 Å². The van der Waals surface area contributed by atoms with Crippen LogP contribution >= 0.6 is 11.3 Å². The lowest BCUT2D eigenvalue weighted by Gasteiger charge is -2.17. The lowest BCUT2D eigenvalue weighted by Crippen LogP contribution is -2.27. The molecule has 11 heteroatoms. The summed E-state index contributed by atoms with van der Waals surface area (Å²) < 4.78 is 17.5. The third-order valence-corrected chi connectivity index (χ3v) is 5.91. The zero-order valence-electron chi connectivity index (χ0n) is 18.0. The number of nitrogens with two attached hydrogens (primary N) is 1. The van der Waals surface area contributed by atoms with Gasteiger partial charge >= 0.3 is 0 Å². The number of aryl methyl sites for hydroxylation is 1. The number of rotatable bonds is 7. The van der Waals surface area contributed by atoms with Crippen LogP contribution in [0.15, 0.2) is 52.4 Å². The number of nitrogens with one attached hydrogen (secondary N) is 1. The first-order chi connectivity index (χ1) is 16.5. The van der Waals surface area contributed by atoms with Crippen molar-refractivity contribution in [2.24, 2.45) is 5.73 Å². The molecule has 2 aromatic heterocycles. The fourth-order valence-corrected chi connectivity index (χ4v) is 4.26. The summed E-state index contributed by atoms with van der Waals surface area (Å²) >= 11 is 1.34. The summed E-state index contributed by atoms with van der Waals surface area (Å²) in [6, 6.07) is 10.2. The number of nitrogens with zero attached hydrogens (tertiary/aromatic N) is 3. The number of aromatic nitrogens is 3. The number of ether oxygens (including phenoxy) is 2. The number of benzene rings is 2. The average molecular weight is 478 g/mol. The molecule has 0 aliphatic carbocycles. The van der Waals surface area contributed by atoms with Crippen molar-refractivity contribution in [3.8, 4) is 39.3 Å². The molecule has 1 aliphatic heterocycles.